The van der Waals surface area contributed by atoms with Crippen LogP contribution in [0.5, 0.6) is 0 Å². The largest absolute Gasteiger partial charge is 0.349 e. The van der Waals surface area contributed by atoms with Gasteiger partial charge in [-0.2, -0.15) is 5.10 Å². The Balaban J connectivity index is 2.02. The van der Waals surface area contributed by atoms with Crippen molar-refractivity contribution in [1.82, 2.24) is 9.99 Å². The summed E-state index contributed by atoms with van der Waals surface area (Å²) in [6, 6.07) is 7.83. The summed E-state index contributed by atoms with van der Waals surface area (Å²) < 4.78 is 15.1. The topological polar surface area (TPSA) is 46.4 Å². The Morgan fingerprint density at radius 1 is 1.38 bits per heavy atom. The molecule has 4 nitrogen and oxygen atoms in total. The van der Waals surface area contributed by atoms with Gasteiger partial charge in [-0.1, -0.05) is 6.07 Å². The van der Waals surface area contributed by atoms with Crippen molar-refractivity contribution < 1.29 is 9.18 Å². The van der Waals surface area contributed by atoms with Gasteiger partial charge in [-0.05, 0) is 45.0 Å². The molecule has 2 rings (SSSR count). The third-order valence-electron chi connectivity index (χ3n) is 3.09. The number of carbonyl (C=O) groups is 1. The summed E-state index contributed by atoms with van der Waals surface area (Å²) >= 11 is 0. The molecule has 0 aliphatic heterocycles. The average Bonchev–Trinajstić information content (AvgIpc) is 2.80. The molecule has 110 valence electrons. The highest BCUT2D eigenvalue weighted by molar-refractivity contribution is 5.94. The fourth-order valence-electron chi connectivity index (χ4n) is 2.10. The fourth-order valence-corrected chi connectivity index (χ4v) is 2.10. The highest BCUT2D eigenvalue weighted by Gasteiger charge is 2.05. The third kappa shape index (κ3) is 3.78. The summed E-state index contributed by atoms with van der Waals surface area (Å²) in [7, 11) is 0. The molecule has 1 N–H and O–H groups in total. The Bertz CT molecular complexity index is 674. The van der Waals surface area contributed by atoms with E-state index in [1.54, 1.807) is 6.21 Å². The number of hydrazone groups is 1. The quantitative estimate of drug-likeness (QED) is 0.681. The van der Waals surface area contributed by atoms with Crippen LogP contribution >= 0.6 is 0 Å². The van der Waals surface area contributed by atoms with Gasteiger partial charge in [-0.15, -0.1) is 0 Å². The number of aromatic nitrogens is 1. The van der Waals surface area contributed by atoms with E-state index in [-0.39, 0.29) is 5.56 Å². The molecule has 0 saturated carbocycles. The van der Waals surface area contributed by atoms with Gasteiger partial charge in [0.2, 0.25) is 0 Å². The highest BCUT2D eigenvalue weighted by atomic mass is 19.1. The summed E-state index contributed by atoms with van der Waals surface area (Å²) in [5, 5.41) is 3.90. The number of nitrogens with one attached hydrogen (secondary N) is 1. The lowest BCUT2D eigenvalue weighted by Gasteiger charge is -2.08. The van der Waals surface area contributed by atoms with Crippen LogP contribution in [0.25, 0.3) is 0 Å². The molecule has 1 amide bonds. The summed E-state index contributed by atoms with van der Waals surface area (Å²) in [5.74, 6) is -0.887. The van der Waals surface area contributed by atoms with Gasteiger partial charge in [0.05, 0.1) is 6.21 Å². The maximum atomic E-state index is 13.0. The number of rotatable bonds is 4. The number of benzene rings is 1. The first kappa shape index (κ1) is 15.0. The Kier molecular flexibility index (Phi) is 4.52. The lowest BCUT2D eigenvalue weighted by atomic mass is 10.2. The van der Waals surface area contributed by atoms with Gasteiger partial charge >= 0.3 is 0 Å². The second kappa shape index (κ2) is 6.35. The number of nitrogens with zero attached hydrogens (tertiary/aromatic N) is 2. The first-order valence-electron chi connectivity index (χ1n) is 6.75. The van der Waals surface area contributed by atoms with E-state index in [9.17, 15) is 9.18 Å². The van der Waals surface area contributed by atoms with Crippen LogP contribution in [0.2, 0.25) is 0 Å². The molecule has 21 heavy (non-hydrogen) atoms. The fraction of sp³-hybridized carbons (Fsp3) is 0.250. The molecule has 0 saturated heterocycles. The molecular formula is C16H18FN3O. The number of amides is 1. The van der Waals surface area contributed by atoms with E-state index >= 15 is 0 Å². The van der Waals surface area contributed by atoms with Crippen molar-refractivity contribution in [2.45, 2.75) is 26.8 Å². The molecule has 0 fully saturated rings. The van der Waals surface area contributed by atoms with E-state index in [1.807, 2.05) is 19.2 Å². The minimum Gasteiger partial charge on any atom is -0.349 e. The molecule has 0 bridgehead atoms. The van der Waals surface area contributed by atoms with Crippen molar-refractivity contribution in [2.75, 3.05) is 0 Å². The van der Waals surface area contributed by atoms with E-state index in [0.717, 1.165) is 11.3 Å². The number of carbonyl (C=O) groups excluding carboxylic acids is 1. The molecule has 0 unspecified atom stereocenters. The van der Waals surface area contributed by atoms with E-state index in [0.29, 0.717) is 6.04 Å². The number of aryl methyl sites for hydroxylation is 1. The van der Waals surface area contributed by atoms with Gasteiger partial charge < -0.3 is 4.57 Å². The Morgan fingerprint density at radius 2 is 2.14 bits per heavy atom. The van der Waals surface area contributed by atoms with Crippen molar-refractivity contribution in [2.24, 2.45) is 5.10 Å². The molecule has 0 radical (unpaired) electrons. The lowest BCUT2D eigenvalue weighted by Crippen LogP contribution is -2.17. The number of halogens is 1. The smallest absolute Gasteiger partial charge is 0.271 e. The standard InChI is InChI=1S/C16H18FN3O/c1-11(2)20-10-13(7-12(20)3)9-18-19-16(21)14-5-4-6-15(17)8-14/h4-11H,1-3H3,(H,19,21)/b18-9-. The van der Waals surface area contributed by atoms with Crippen molar-refractivity contribution in [3.63, 3.8) is 0 Å². The minimum absolute atomic E-state index is 0.239. The summed E-state index contributed by atoms with van der Waals surface area (Å²) in [5.41, 5.74) is 4.66. The first-order chi connectivity index (χ1) is 9.97. The zero-order chi connectivity index (χ0) is 15.4. The zero-order valence-electron chi connectivity index (χ0n) is 12.3. The SMILES string of the molecule is Cc1cc(/C=N\NC(=O)c2cccc(F)c2)cn1C(C)C. The van der Waals surface area contributed by atoms with Crippen LogP contribution in [-0.4, -0.2) is 16.7 Å². The monoisotopic (exact) mass is 287 g/mol. The maximum absolute atomic E-state index is 13.0. The van der Waals surface area contributed by atoms with Gasteiger partial charge in [-0.3, -0.25) is 4.79 Å². The first-order valence-corrected chi connectivity index (χ1v) is 6.75. The predicted molar refractivity (Wildman–Crippen MR) is 81.0 cm³/mol. The molecule has 0 aliphatic rings. The lowest BCUT2D eigenvalue weighted by molar-refractivity contribution is 0.0954. The van der Waals surface area contributed by atoms with Crippen molar-refractivity contribution in [3.8, 4) is 0 Å². The summed E-state index contributed by atoms with van der Waals surface area (Å²) in [6.45, 7) is 6.21. The maximum Gasteiger partial charge on any atom is 0.271 e. The average molecular weight is 287 g/mol. The van der Waals surface area contributed by atoms with Gasteiger partial charge in [0.15, 0.2) is 0 Å². The molecule has 0 spiro atoms. The second-order valence-electron chi connectivity index (χ2n) is 5.13. The van der Waals surface area contributed by atoms with Gasteiger partial charge in [0.25, 0.3) is 5.91 Å². The van der Waals surface area contributed by atoms with E-state index in [4.69, 9.17) is 0 Å². The summed E-state index contributed by atoms with van der Waals surface area (Å²) in [6.07, 6.45) is 3.54. The Hall–Kier alpha value is -2.43. The molecule has 2 aromatic rings. The van der Waals surface area contributed by atoms with Crippen LogP contribution in [-0.2, 0) is 0 Å². The molecule has 0 atom stereocenters. The number of hydrogen-bond donors (Lipinski definition) is 1. The van der Waals surface area contributed by atoms with Crippen LogP contribution in [0.3, 0.4) is 0 Å². The highest BCUT2D eigenvalue weighted by Crippen LogP contribution is 2.12. The molecule has 5 heteroatoms. The van der Waals surface area contributed by atoms with Crippen LogP contribution in [0.4, 0.5) is 4.39 Å². The summed E-state index contributed by atoms with van der Waals surface area (Å²) in [4.78, 5) is 11.8. The van der Waals surface area contributed by atoms with Crippen molar-refractivity contribution >= 4 is 12.1 Å². The minimum atomic E-state index is -0.448. The molecule has 0 aliphatic carbocycles. The van der Waals surface area contributed by atoms with Crippen LogP contribution < -0.4 is 5.43 Å². The van der Waals surface area contributed by atoms with Crippen LogP contribution in [0, 0.1) is 12.7 Å². The normalized spacial score (nSPS) is 11.3. The Morgan fingerprint density at radius 3 is 2.76 bits per heavy atom. The Labute approximate surface area is 123 Å². The van der Waals surface area contributed by atoms with Crippen molar-refractivity contribution in [1.29, 1.82) is 0 Å². The molecule has 1 heterocycles. The van der Waals surface area contributed by atoms with Crippen molar-refractivity contribution in [3.05, 3.63) is 59.2 Å². The predicted octanol–water partition coefficient (Wildman–Crippen LogP) is 3.28. The molecule has 1 aromatic heterocycles. The van der Waals surface area contributed by atoms with Gasteiger partial charge in [0.1, 0.15) is 5.82 Å². The molecule has 1 aromatic carbocycles. The van der Waals surface area contributed by atoms with Crippen LogP contribution in [0.15, 0.2) is 41.6 Å². The third-order valence-corrected chi connectivity index (χ3v) is 3.09. The van der Waals surface area contributed by atoms with Crippen LogP contribution in [0.1, 0.15) is 41.5 Å². The van der Waals surface area contributed by atoms with Gasteiger partial charge in [0, 0.05) is 29.1 Å². The molecular weight excluding hydrogens is 269 g/mol. The van der Waals surface area contributed by atoms with Gasteiger partial charge in [-0.25, -0.2) is 9.82 Å². The van der Waals surface area contributed by atoms with E-state index in [1.165, 1.54) is 24.3 Å². The zero-order valence-corrected chi connectivity index (χ0v) is 12.3. The number of hydrogen-bond acceptors (Lipinski definition) is 2. The van der Waals surface area contributed by atoms with E-state index < -0.39 is 11.7 Å². The second-order valence-corrected chi connectivity index (χ2v) is 5.13. The van der Waals surface area contributed by atoms with E-state index in [2.05, 4.69) is 28.9 Å².